The molecule has 0 unspecified atom stereocenters. The summed E-state index contributed by atoms with van der Waals surface area (Å²) in [4.78, 5) is 13.7. The Labute approximate surface area is 315 Å². The summed E-state index contributed by atoms with van der Waals surface area (Å²) in [7, 11) is 0. The van der Waals surface area contributed by atoms with E-state index >= 15 is 0 Å². The summed E-state index contributed by atoms with van der Waals surface area (Å²) in [5.41, 5.74) is 9.46. The fourth-order valence-electron chi connectivity index (χ4n) is 11.0. The largest absolute Gasteiger partial charge is 0.346 e. The highest BCUT2D eigenvalue weighted by molar-refractivity contribution is 6.71. The van der Waals surface area contributed by atoms with Crippen LogP contribution in [0.1, 0.15) is 51.4 Å². The molecule has 6 aromatic rings. The molecule has 0 atom stereocenters. The average molecular weight is 694 g/mol. The lowest BCUT2D eigenvalue weighted by Gasteiger charge is -2.37. The summed E-state index contributed by atoms with van der Waals surface area (Å²) in [6.07, 6.45) is 10.4. The first-order valence-electron chi connectivity index (χ1n) is 20.7. The predicted molar refractivity (Wildman–Crippen MR) is 227 cm³/mol. The molecule has 6 aromatic carbocycles. The molecule has 0 bridgehead atoms. The van der Waals surface area contributed by atoms with Gasteiger partial charge in [0, 0.05) is 16.6 Å². The smallest absolute Gasteiger partial charge is 0.324 e. The summed E-state index contributed by atoms with van der Waals surface area (Å²) >= 11 is 0. The van der Waals surface area contributed by atoms with Crippen molar-refractivity contribution in [2.24, 2.45) is 0 Å². The van der Waals surface area contributed by atoms with Gasteiger partial charge in [0.2, 0.25) is 0 Å². The van der Waals surface area contributed by atoms with Crippen molar-refractivity contribution in [2.75, 3.05) is 57.3 Å². The van der Waals surface area contributed by atoms with E-state index in [0.29, 0.717) is 14.0 Å². The molecule has 0 amide bonds. The second-order valence-corrected chi connectivity index (χ2v) is 16.4. The fraction of sp³-hybridized carbons (Fsp3) is 0.348. The summed E-state index contributed by atoms with van der Waals surface area (Å²) in [5.74, 6) is 0. The molecule has 5 aliphatic rings. The Morgan fingerprint density at radius 1 is 0.377 bits per heavy atom. The molecule has 0 aliphatic carbocycles. The monoisotopic (exact) mass is 693 g/mol. The molecular weight excluding hydrogens is 644 g/mol. The lowest BCUT2D eigenvalue weighted by atomic mass is 9.61. The van der Waals surface area contributed by atoms with E-state index in [9.17, 15) is 0 Å². The molecule has 53 heavy (non-hydrogen) atoms. The Kier molecular flexibility index (Phi) is 8.12. The van der Waals surface area contributed by atoms with Crippen LogP contribution < -0.4 is 15.8 Å². The number of para-hydroxylation sites is 1. The molecule has 7 heteroatoms. The molecule has 5 aliphatic heterocycles. The van der Waals surface area contributed by atoms with E-state index in [1.807, 2.05) is 0 Å². The van der Waals surface area contributed by atoms with Crippen LogP contribution in [0.25, 0.3) is 43.4 Å². The van der Waals surface area contributed by atoms with Gasteiger partial charge in [0.15, 0.2) is 0 Å². The van der Waals surface area contributed by atoms with E-state index in [0.717, 1.165) is 0 Å². The lowest BCUT2D eigenvalue weighted by Crippen LogP contribution is -2.58. The van der Waals surface area contributed by atoms with Crippen molar-refractivity contribution in [3.8, 4) is 11.1 Å². The van der Waals surface area contributed by atoms with Crippen LogP contribution in [-0.2, 0) is 0 Å². The van der Waals surface area contributed by atoms with Crippen molar-refractivity contribution in [3.05, 3.63) is 103 Å². The molecular formula is C46H49B2N5. The van der Waals surface area contributed by atoms with E-state index in [2.05, 4.69) is 127 Å². The third-order valence-electron chi connectivity index (χ3n) is 13.3. The first kappa shape index (κ1) is 32.3. The molecule has 264 valence electrons. The van der Waals surface area contributed by atoms with Gasteiger partial charge in [-0.15, -0.1) is 0 Å². The maximum absolute atomic E-state index is 2.78. The van der Waals surface area contributed by atoms with Crippen LogP contribution in [-0.4, -0.2) is 85.6 Å². The number of hydrogen-bond acceptors (Lipinski definition) is 5. The number of fused-ring (bicyclic) bond motifs is 6. The first-order valence-corrected chi connectivity index (χ1v) is 20.7. The van der Waals surface area contributed by atoms with Gasteiger partial charge in [-0.25, -0.2) is 0 Å². The second-order valence-electron chi connectivity index (χ2n) is 16.4. The van der Waals surface area contributed by atoms with Crippen molar-refractivity contribution in [1.29, 1.82) is 0 Å². The van der Waals surface area contributed by atoms with Crippen LogP contribution in [0.3, 0.4) is 0 Å². The SMILES string of the molecule is c1ccc(N2c3cc(B(N4CCCC4)N4CCCC4)ccc3-c3cc4c5ccccc5c(B(N5CCCC5)N5CCCC5)cc4c4cccc2c34)cc1. The normalized spacial score (nSPS) is 19.7. The van der Waals surface area contributed by atoms with E-state index in [1.54, 1.807) is 0 Å². The van der Waals surface area contributed by atoms with E-state index < -0.39 is 0 Å². The van der Waals surface area contributed by atoms with Crippen molar-refractivity contribution >= 4 is 74.3 Å². The van der Waals surface area contributed by atoms with E-state index in [1.165, 1.54) is 175 Å². The fourth-order valence-corrected chi connectivity index (χ4v) is 11.0. The van der Waals surface area contributed by atoms with Crippen molar-refractivity contribution in [3.63, 3.8) is 0 Å². The minimum Gasteiger partial charge on any atom is -0.324 e. The van der Waals surface area contributed by atoms with Gasteiger partial charge in [0.05, 0.1) is 11.4 Å². The van der Waals surface area contributed by atoms with Gasteiger partial charge < -0.3 is 24.1 Å². The average Bonchev–Trinajstić information content (AvgIpc) is 4.06. The zero-order valence-corrected chi connectivity index (χ0v) is 31.0. The highest BCUT2D eigenvalue weighted by Gasteiger charge is 2.39. The molecule has 0 N–H and O–H groups in total. The maximum Gasteiger partial charge on any atom is 0.346 e. The number of hydrogen-bond donors (Lipinski definition) is 0. The van der Waals surface area contributed by atoms with Crippen LogP contribution >= 0.6 is 0 Å². The Balaban J connectivity index is 1.17. The van der Waals surface area contributed by atoms with Gasteiger partial charge in [-0.1, -0.05) is 72.8 Å². The summed E-state index contributed by atoms with van der Waals surface area (Å²) in [6, 6.07) is 40.2. The van der Waals surface area contributed by atoms with Crippen molar-refractivity contribution in [2.45, 2.75) is 51.4 Å². The summed E-state index contributed by atoms with van der Waals surface area (Å²) in [5, 5.41) is 8.31. The molecule has 0 radical (unpaired) electrons. The Morgan fingerprint density at radius 2 is 0.925 bits per heavy atom. The molecule has 5 nitrogen and oxygen atoms in total. The highest BCUT2D eigenvalue weighted by atomic mass is 15.2. The van der Waals surface area contributed by atoms with Gasteiger partial charge in [-0.3, -0.25) is 0 Å². The van der Waals surface area contributed by atoms with Gasteiger partial charge in [-0.2, -0.15) is 0 Å². The number of benzene rings is 6. The van der Waals surface area contributed by atoms with Gasteiger partial charge in [0.1, 0.15) is 0 Å². The Hall–Kier alpha value is -4.13. The molecule has 0 spiro atoms. The van der Waals surface area contributed by atoms with Crippen LogP contribution in [0.4, 0.5) is 17.1 Å². The minimum absolute atomic E-state index is 0.333. The predicted octanol–water partition coefficient (Wildman–Crippen LogP) is 8.37. The van der Waals surface area contributed by atoms with E-state index in [4.69, 9.17) is 0 Å². The highest BCUT2D eigenvalue weighted by Crippen LogP contribution is 2.52. The molecule has 0 saturated carbocycles. The molecule has 5 heterocycles. The summed E-state index contributed by atoms with van der Waals surface area (Å²) < 4.78 is 0. The van der Waals surface area contributed by atoms with E-state index in [-0.39, 0.29) is 0 Å². The van der Waals surface area contributed by atoms with Crippen molar-refractivity contribution < 1.29 is 0 Å². The standard InChI is InChI=1S/C46H49B2N5/c1-2-15-35(16-3-1)53-44-20-14-19-39-41-33-43(48(51-27-10-11-28-51)52-29-12-13-30-52)37-18-5-4-17-36(37)40(41)32-42(46(39)44)38-22-21-34(31-45(38)53)47(49-23-6-7-24-49)50-25-8-9-26-50/h1-5,14-22,31-33H,6-13,23-30H2. The van der Waals surface area contributed by atoms with Crippen molar-refractivity contribution in [1.82, 2.24) is 19.2 Å². The Bertz CT molecular complexity index is 2290. The quantitative estimate of drug-likeness (QED) is 0.123. The number of rotatable bonds is 7. The third kappa shape index (κ3) is 5.30. The minimum atomic E-state index is 0.333. The number of anilines is 3. The zero-order chi connectivity index (χ0) is 34.9. The second kappa shape index (κ2) is 13.3. The summed E-state index contributed by atoms with van der Waals surface area (Å²) in [6.45, 7) is 10.2. The Morgan fingerprint density at radius 3 is 1.57 bits per heavy atom. The van der Waals surface area contributed by atoms with Gasteiger partial charge in [0.25, 0.3) is 0 Å². The number of nitrogens with zero attached hydrogens (tertiary/aromatic N) is 5. The molecule has 4 fully saturated rings. The topological polar surface area (TPSA) is 16.2 Å². The maximum atomic E-state index is 2.78. The zero-order valence-electron chi connectivity index (χ0n) is 31.0. The molecule has 4 saturated heterocycles. The third-order valence-corrected chi connectivity index (χ3v) is 13.3. The molecule has 0 aromatic heterocycles. The lowest BCUT2D eigenvalue weighted by molar-refractivity contribution is 0.436. The van der Waals surface area contributed by atoms with Gasteiger partial charge in [-0.05, 0) is 177 Å². The first-order chi connectivity index (χ1) is 26.3. The van der Waals surface area contributed by atoms with Gasteiger partial charge >= 0.3 is 14.0 Å². The van der Waals surface area contributed by atoms with Crippen LogP contribution in [0.5, 0.6) is 0 Å². The van der Waals surface area contributed by atoms with Crippen LogP contribution in [0.15, 0.2) is 103 Å². The van der Waals surface area contributed by atoms with Crippen LogP contribution in [0, 0.1) is 0 Å². The molecule has 11 rings (SSSR count). The van der Waals surface area contributed by atoms with Crippen LogP contribution in [0.2, 0.25) is 0 Å².